The second kappa shape index (κ2) is 4.25. The Kier molecular flexibility index (Phi) is 3.24. The molecule has 0 fully saturated rings. The first-order valence-corrected chi connectivity index (χ1v) is 4.74. The molecule has 0 atom stereocenters. The molecule has 0 saturated carbocycles. The van der Waals surface area contributed by atoms with Crippen LogP contribution in [-0.4, -0.2) is 22.4 Å². The highest BCUT2D eigenvalue weighted by atomic mass is 16.1. The number of hydrogen-bond acceptors (Lipinski definition) is 4. The molecule has 0 aliphatic heterocycles. The first kappa shape index (κ1) is 11.4. The molecular formula is C10H16N4O. The van der Waals surface area contributed by atoms with Crippen LogP contribution in [0.15, 0.2) is 12.4 Å². The van der Waals surface area contributed by atoms with Gasteiger partial charge in [-0.3, -0.25) is 4.79 Å². The van der Waals surface area contributed by atoms with E-state index in [1.807, 2.05) is 20.8 Å². The van der Waals surface area contributed by atoms with E-state index in [0.29, 0.717) is 12.4 Å². The molecule has 5 heteroatoms. The van der Waals surface area contributed by atoms with Crippen molar-refractivity contribution in [3.63, 3.8) is 0 Å². The monoisotopic (exact) mass is 208 g/mol. The van der Waals surface area contributed by atoms with Crippen LogP contribution >= 0.6 is 0 Å². The van der Waals surface area contributed by atoms with Crippen LogP contribution in [0, 0.1) is 5.41 Å². The molecule has 0 radical (unpaired) electrons. The Hall–Kier alpha value is -1.65. The molecule has 0 bridgehead atoms. The first-order valence-electron chi connectivity index (χ1n) is 4.74. The van der Waals surface area contributed by atoms with Crippen LogP contribution in [0.2, 0.25) is 0 Å². The molecule has 0 saturated heterocycles. The number of anilines is 1. The van der Waals surface area contributed by atoms with E-state index in [4.69, 9.17) is 5.73 Å². The van der Waals surface area contributed by atoms with Gasteiger partial charge in [0.05, 0.1) is 12.4 Å². The Labute approximate surface area is 89.1 Å². The van der Waals surface area contributed by atoms with Gasteiger partial charge in [-0.25, -0.2) is 9.97 Å². The van der Waals surface area contributed by atoms with Crippen LogP contribution in [-0.2, 0) is 0 Å². The van der Waals surface area contributed by atoms with Gasteiger partial charge in [0.1, 0.15) is 11.5 Å². The van der Waals surface area contributed by atoms with Gasteiger partial charge in [-0.15, -0.1) is 0 Å². The van der Waals surface area contributed by atoms with Gasteiger partial charge in [0.25, 0.3) is 5.91 Å². The predicted octanol–water partition coefficient (Wildman–Crippen LogP) is 0.835. The fourth-order valence-corrected chi connectivity index (χ4v) is 0.891. The number of nitrogens with zero attached hydrogens (tertiary/aromatic N) is 2. The van der Waals surface area contributed by atoms with Gasteiger partial charge in [0, 0.05) is 6.54 Å². The molecule has 1 amide bonds. The number of nitrogens with one attached hydrogen (secondary N) is 1. The summed E-state index contributed by atoms with van der Waals surface area (Å²) in [6.45, 7) is 6.73. The van der Waals surface area contributed by atoms with Crippen molar-refractivity contribution in [3.8, 4) is 0 Å². The summed E-state index contributed by atoms with van der Waals surface area (Å²) in [5, 5.41) is 2.78. The standard InChI is InChI=1S/C10H16N4O/c1-10(2,3)6-14-9(15)7-4-13-8(11)5-12-7/h4-5H,6H2,1-3H3,(H2,11,13)(H,14,15). The van der Waals surface area contributed by atoms with Gasteiger partial charge in [-0.2, -0.15) is 0 Å². The SMILES string of the molecule is CC(C)(C)CNC(=O)c1cnc(N)cn1. The quantitative estimate of drug-likeness (QED) is 0.754. The normalized spacial score (nSPS) is 11.1. The van der Waals surface area contributed by atoms with E-state index in [1.165, 1.54) is 12.4 Å². The Balaban J connectivity index is 2.58. The maximum atomic E-state index is 11.5. The summed E-state index contributed by atoms with van der Waals surface area (Å²) in [6.07, 6.45) is 2.74. The Bertz CT molecular complexity index is 339. The molecule has 82 valence electrons. The van der Waals surface area contributed by atoms with Crippen molar-refractivity contribution < 1.29 is 4.79 Å². The lowest BCUT2D eigenvalue weighted by Gasteiger charge is -2.18. The summed E-state index contributed by atoms with van der Waals surface area (Å²) in [5.41, 5.74) is 5.70. The summed E-state index contributed by atoms with van der Waals surface area (Å²) < 4.78 is 0. The summed E-state index contributed by atoms with van der Waals surface area (Å²) in [6, 6.07) is 0. The number of hydrogen-bond donors (Lipinski definition) is 2. The maximum Gasteiger partial charge on any atom is 0.271 e. The van der Waals surface area contributed by atoms with Gasteiger partial charge in [0.2, 0.25) is 0 Å². The van der Waals surface area contributed by atoms with E-state index in [0.717, 1.165) is 0 Å². The summed E-state index contributed by atoms with van der Waals surface area (Å²) in [7, 11) is 0. The van der Waals surface area contributed by atoms with E-state index in [9.17, 15) is 4.79 Å². The third-order valence-corrected chi connectivity index (χ3v) is 1.68. The summed E-state index contributed by atoms with van der Waals surface area (Å²) >= 11 is 0. The zero-order valence-electron chi connectivity index (χ0n) is 9.24. The third-order valence-electron chi connectivity index (χ3n) is 1.68. The van der Waals surface area contributed by atoms with Crippen LogP contribution < -0.4 is 11.1 Å². The number of rotatable bonds is 2. The minimum absolute atomic E-state index is 0.0525. The molecule has 3 N–H and O–H groups in total. The molecule has 0 aromatic carbocycles. The Morgan fingerprint density at radius 1 is 1.40 bits per heavy atom. The van der Waals surface area contributed by atoms with E-state index in [-0.39, 0.29) is 17.0 Å². The van der Waals surface area contributed by atoms with E-state index in [1.54, 1.807) is 0 Å². The number of nitrogen functional groups attached to an aromatic ring is 1. The topological polar surface area (TPSA) is 80.9 Å². The number of carbonyl (C=O) groups is 1. The van der Waals surface area contributed by atoms with Crippen molar-refractivity contribution in [2.75, 3.05) is 12.3 Å². The minimum Gasteiger partial charge on any atom is -0.382 e. The average molecular weight is 208 g/mol. The van der Waals surface area contributed by atoms with Gasteiger partial charge < -0.3 is 11.1 Å². The molecule has 0 aliphatic rings. The molecule has 0 unspecified atom stereocenters. The van der Waals surface area contributed by atoms with Crippen molar-refractivity contribution in [3.05, 3.63) is 18.1 Å². The molecule has 5 nitrogen and oxygen atoms in total. The smallest absolute Gasteiger partial charge is 0.271 e. The third kappa shape index (κ3) is 3.93. The van der Waals surface area contributed by atoms with Crippen LogP contribution in [0.1, 0.15) is 31.3 Å². The molecule has 1 rings (SSSR count). The molecule has 15 heavy (non-hydrogen) atoms. The lowest BCUT2D eigenvalue weighted by Crippen LogP contribution is -2.32. The van der Waals surface area contributed by atoms with Crippen molar-refractivity contribution in [2.45, 2.75) is 20.8 Å². The van der Waals surface area contributed by atoms with E-state index < -0.39 is 0 Å². The first-order chi connectivity index (χ1) is 6.88. The lowest BCUT2D eigenvalue weighted by atomic mass is 9.97. The van der Waals surface area contributed by atoms with Crippen LogP contribution in [0.5, 0.6) is 0 Å². The molecule has 1 aromatic rings. The molecule has 0 spiro atoms. The highest BCUT2D eigenvalue weighted by molar-refractivity contribution is 5.91. The number of nitrogens with two attached hydrogens (primary N) is 1. The molecule has 1 heterocycles. The fraction of sp³-hybridized carbons (Fsp3) is 0.500. The fourth-order valence-electron chi connectivity index (χ4n) is 0.891. The second-order valence-corrected chi connectivity index (χ2v) is 4.57. The summed E-state index contributed by atoms with van der Waals surface area (Å²) in [4.78, 5) is 19.2. The zero-order chi connectivity index (χ0) is 11.5. The van der Waals surface area contributed by atoms with Crippen molar-refractivity contribution >= 4 is 11.7 Å². The van der Waals surface area contributed by atoms with E-state index in [2.05, 4.69) is 15.3 Å². The number of carbonyl (C=O) groups excluding carboxylic acids is 1. The zero-order valence-corrected chi connectivity index (χ0v) is 9.24. The van der Waals surface area contributed by atoms with Gasteiger partial charge in [-0.1, -0.05) is 20.8 Å². The number of aromatic nitrogens is 2. The average Bonchev–Trinajstić information content (AvgIpc) is 2.14. The van der Waals surface area contributed by atoms with Gasteiger partial charge in [0.15, 0.2) is 0 Å². The van der Waals surface area contributed by atoms with E-state index >= 15 is 0 Å². The van der Waals surface area contributed by atoms with Crippen molar-refractivity contribution in [1.82, 2.24) is 15.3 Å². The molecule has 1 aromatic heterocycles. The largest absolute Gasteiger partial charge is 0.382 e. The molecular weight excluding hydrogens is 192 g/mol. The lowest BCUT2D eigenvalue weighted by molar-refractivity contribution is 0.0934. The van der Waals surface area contributed by atoms with Gasteiger partial charge >= 0.3 is 0 Å². The highest BCUT2D eigenvalue weighted by Gasteiger charge is 2.13. The van der Waals surface area contributed by atoms with Crippen LogP contribution in [0.25, 0.3) is 0 Å². The van der Waals surface area contributed by atoms with Gasteiger partial charge in [-0.05, 0) is 5.41 Å². The minimum atomic E-state index is -0.225. The number of amides is 1. The van der Waals surface area contributed by atoms with Crippen LogP contribution in [0.4, 0.5) is 5.82 Å². The van der Waals surface area contributed by atoms with Crippen LogP contribution in [0.3, 0.4) is 0 Å². The second-order valence-electron chi connectivity index (χ2n) is 4.57. The Morgan fingerprint density at radius 2 is 2.07 bits per heavy atom. The Morgan fingerprint density at radius 3 is 2.53 bits per heavy atom. The molecule has 0 aliphatic carbocycles. The van der Waals surface area contributed by atoms with Crippen molar-refractivity contribution in [1.29, 1.82) is 0 Å². The maximum absolute atomic E-state index is 11.5. The van der Waals surface area contributed by atoms with Crippen molar-refractivity contribution in [2.24, 2.45) is 5.41 Å². The predicted molar refractivity (Wildman–Crippen MR) is 58.2 cm³/mol. The summed E-state index contributed by atoms with van der Waals surface area (Å²) in [5.74, 6) is 0.0831. The highest BCUT2D eigenvalue weighted by Crippen LogP contribution is 2.10.